The average Bonchev–Trinajstić information content (AvgIpc) is 3.12. The molecule has 0 unspecified atom stereocenters. The van der Waals surface area contributed by atoms with Gasteiger partial charge in [-0.25, -0.2) is 13.1 Å². The first-order valence-corrected chi connectivity index (χ1v) is 13.5. The minimum absolute atomic E-state index is 0.220. The molecule has 2 heterocycles. The zero-order chi connectivity index (χ0) is 25.3. The van der Waals surface area contributed by atoms with Crippen molar-refractivity contribution in [2.45, 2.75) is 58.4 Å². The normalized spacial score (nSPS) is 14.8. The molecule has 2 aromatic carbocycles. The lowest BCUT2D eigenvalue weighted by Gasteiger charge is -2.27. The van der Waals surface area contributed by atoms with Gasteiger partial charge in [-0.3, -0.25) is 4.79 Å². The fraction of sp³-hybridized carbons (Fsp3) is 0.407. The molecule has 1 aromatic heterocycles. The molecule has 4 rings (SSSR count). The Morgan fingerprint density at radius 3 is 2.34 bits per heavy atom. The van der Waals surface area contributed by atoms with Crippen LogP contribution in [0, 0.1) is 27.7 Å². The maximum Gasteiger partial charge on any atom is 0.253 e. The van der Waals surface area contributed by atoms with Crippen molar-refractivity contribution in [2.75, 3.05) is 20.1 Å². The van der Waals surface area contributed by atoms with Crippen molar-refractivity contribution in [1.82, 2.24) is 19.0 Å². The molecule has 1 aliphatic heterocycles. The summed E-state index contributed by atoms with van der Waals surface area (Å²) in [5.74, 6) is -0.220. The molecular weight excluding hydrogens is 460 g/mol. The minimum atomic E-state index is -3.63. The standard InChI is InChI=1S/C27H34N4O3S/c1-19-11-7-8-12-25(19)31-22(4)24(21(3)28-31)18-29(5)27(32)23-14-13-20(2)26(17-23)35(33,34)30-15-9-6-10-16-30/h7-8,11-14,17H,6,9-10,15-16,18H2,1-5H3. The van der Waals surface area contributed by atoms with Crippen LogP contribution in [0.15, 0.2) is 47.4 Å². The molecule has 0 saturated carbocycles. The van der Waals surface area contributed by atoms with E-state index in [4.69, 9.17) is 5.10 Å². The topological polar surface area (TPSA) is 75.5 Å². The lowest BCUT2D eigenvalue weighted by molar-refractivity contribution is 0.0784. The second-order valence-corrected chi connectivity index (χ2v) is 11.4. The monoisotopic (exact) mass is 494 g/mol. The van der Waals surface area contributed by atoms with Crippen LogP contribution in [0.1, 0.15) is 57.7 Å². The Morgan fingerprint density at radius 1 is 0.971 bits per heavy atom. The van der Waals surface area contributed by atoms with Gasteiger partial charge in [-0.1, -0.05) is 30.7 Å². The van der Waals surface area contributed by atoms with Gasteiger partial charge in [-0.2, -0.15) is 9.40 Å². The maximum atomic E-state index is 13.4. The van der Waals surface area contributed by atoms with Gasteiger partial charge in [0.05, 0.1) is 16.3 Å². The Kier molecular flexibility index (Phi) is 7.15. The summed E-state index contributed by atoms with van der Waals surface area (Å²) in [6.45, 7) is 9.23. The Hall–Kier alpha value is -2.97. The van der Waals surface area contributed by atoms with E-state index in [1.165, 1.54) is 6.07 Å². The molecule has 1 fully saturated rings. The average molecular weight is 495 g/mol. The van der Waals surface area contributed by atoms with E-state index in [2.05, 4.69) is 0 Å². The summed E-state index contributed by atoms with van der Waals surface area (Å²) in [6.07, 6.45) is 2.79. The van der Waals surface area contributed by atoms with Crippen LogP contribution in [0.5, 0.6) is 0 Å². The molecule has 0 aliphatic carbocycles. The van der Waals surface area contributed by atoms with E-state index in [-0.39, 0.29) is 10.8 Å². The number of benzene rings is 2. The first-order valence-electron chi connectivity index (χ1n) is 12.1. The van der Waals surface area contributed by atoms with Crippen LogP contribution in [-0.2, 0) is 16.6 Å². The third-order valence-corrected chi connectivity index (χ3v) is 8.94. The number of piperidine rings is 1. The zero-order valence-corrected chi connectivity index (χ0v) is 22.0. The highest BCUT2D eigenvalue weighted by atomic mass is 32.2. The SMILES string of the molecule is Cc1ccccc1-n1nc(C)c(CN(C)C(=O)c2ccc(C)c(S(=O)(=O)N3CCCCC3)c2)c1C. The molecule has 0 atom stereocenters. The van der Waals surface area contributed by atoms with Crippen LogP contribution < -0.4 is 0 Å². The molecule has 1 aliphatic rings. The van der Waals surface area contributed by atoms with Gasteiger partial charge < -0.3 is 4.90 Å². The van der Waals surface area contributed by atoms with Gasteiger partial charge >= 0.3 is 0 Å². The van der Waals surface area contributed by atoms with Crippen molar-refractivity contribution >= 4 is 15.9 Å². The first kappa shape index (κ1) is 25.1. The minimum Gasteiger partial charge on any atom is -0.337 e. The number of para-hydroxylation sites is 1. The van der Waals surface area contributed by atoms with E-state index in [1.54, 1.807) is 35.3 Å². The van der Waals surface area contributed by atoms with Crippen molar-refractivity contribution in [2.24, 2.45) is 0 Å². The highest BCUT2D eigenvalue weighted by Gasteiger charge is 2.28. The number of aromatic nitrogens is 2. The molecule has 8 heteroatoms. The van der Waals surface area contributed by atoms with Crippen LogP contribution in [0.4, 0.5) is 0 Å². The van der Waals surface area contributed by atoms with Crippen molar-refractivity contribution in [3.63, 3.8) is 0 Å². The van der Waals surface area contributed by atoms with Crippen LogP contribution >= 0.6 is 0 Å². The summed E-state index contributed by atoms with van der Waals surface area (Å²) in [6, 6.07) is 13.0. The molecule has 3 aromatic rings. The molecule has 186 valence electrons. The van der Waals surface area contributed by atoms with E-state index >= 15 is 0 Å². The quantitative estimate of drug-likeness (QED) is 0.504. The molecule has 0 N–H and O–H groups in total. The number of nitrogens with zero attached hydrogens (tertiary/aromatic N) is 4. The fourth-order valence-electron chi connectivity index (χ4n) is 4.72. The molecule has 1 saturated heterocycles. The first-order chi connectivity index (χ1) is 16.6. The molecular formula is C27H34N4O3S. The van der Waals surface area contributed by atoms with Crippen LogP contribution in [0.3, 0.4) is 0 Å². The van der Waals surface area contributed by atoms with Gasteiger partial charge in [0, 0.05) is 43.5 Å². The van der Waals surface area contributed by atoms with Gasteiger partial charge in [-0.15, -0.1) is 0 Å². The Balaban J connectivity index is 1.59. The fourth-order valence-corrected chi connectivity index (χ4v) is 6.49. The highest BCUT2D eigenvalue weighted by molar-refractivity contribution is 7.89. The van der Waals surface area contributed by atoms with Gasteiger partial charge in [0.2, 0.25) is 10.0 Å². The van der Waals surface area contributed by atoms with E-state index in [9.17, 15) is 13.2 Å². The number of hydrogen-bond donors (Lipinski definition) is 0. The molecule has 7 nitrogen and oxygen atoms in total. The summed E-state index contributed by atoms with van der Waals surface area (Å²) >= 11 is 0. The summed E-state index contributed by atoms with van der Waals surface area (Å²) < 4.78 is 30.0. The predicted octanol–water partition coefficient (Wildman–Crippen LogP) is 4.55. The molecule has 1 amide bonds. The summed E-state index contributed by atoms with van der Waals surface area (Å²) in [7, 11) is -1.89. The number of carbonyl (C=O) groups is 1. The molecule has 0 radical (unpaired) electrons. The number of amides is 1. The van der Waals surface area contributed by atoms with Crippen molar-refractivity contribution in [3.8, 4) is 5.69 Å². The number of rotatable bonds is 6. The summed E-state index contributed by atoms with van der Waals surface area (Å²) in [4.78, 5) is 15.2. The van der Waals surface area contributed by atoms with E-state index in [0.717, 1.165) is 47.5 Å². The smallest absolute Gasteiger partial charge is 0.253 e. The summed E-state index contributed by atoms with van der Waals surface area (Å²) in [5.41, 5.74) is 5.99. The second-order valence-electron chi connectivity index (χ2n) is 9.45. The van der Waals surface area contributed by atoms with E-state index in [1.807, 2.05) is 49.7 Å². The number of hydrogen-bond acceptors (Lipinski definition) is 4. The van der Waals surface area contributed by atoms with Gasteiger partial charge in [0.1, 0.15) is 0 Å². The zero-order valence-electron chi connectivity index (χ0n) is 21.2. The second kappa shape index (κ2) is 9.95. The van der Waals surface area contributed by atoms with Crippen molar-refractivity contribution in [3.05, 3.63) is 76.1 Å². The van der Waals surface area contributed by atoms with Crippen molar-refractivity contribution in [1.29, 1.82) is 0 Å². The van der Waals surface area contributed by atoms with Gasteiger partial charge in [0.25, 0.3) is 5.91 Å². The summed E-state index contributed by atoms with van der Waals surface area (Å²) in [5, 5.41) is 4.73. The van der Waals surface area contributed by atoms with Crippen LogP contribution in [0.2, 0.25) is 0 Å². The maximum absolute atomic E-state index is 13.4. The van der Waals surface area contributed by atoms with Gasteiger partial charge in [-0.05, 0) is 69.9 Å². The van der Waals surface area contributed by atoms with E-state index in [0.29, 0.717) is 30.8 Å². The van der Waals surface area contributed by atoms with Crippen LogP contribution in [0.25, 0.3) is 5.69 Å². The van der Waals surface area contributed by atoms with E-state index < -0.39 is 10.0 Å². The molecule has 0 spiro atoms. The Morgan fingerprint density at radius 2 is 1.66 bits per heavy atom. The Bertz CT molecular complexity index is 1350. The lowest BCUT2D eigenvalue weighted by Crippen LogP contribution is -2.36. The molecule has 35 heavy (non-hydrogen) atoms. The predicted molar refractivity (Wildman–Crippen MR) is 137 cm³/mol. The third-order valence-electron chi connectivity index (χ3n) is 6.89. The van der Waals surface area contributed by atoms with Gasteiger partial charge in [0.15, 0.2) is 0 Å². The lowest BCUT2D eigenvalue weighted by atomic mass is 10.1. The highest BCUT2D eigenvalue weighted by Crippen LogP contribution is 2.26. The van der Waals surface area contributed by atoms with Crippen LogP contribution in [-0.4, -0.2) is 53.4 Å². The third kappa shape index (κ3) is 4.90. The number of carbonyl (C=O) groups excluding carboxylic acids is 1. The number of sulfonamides is 1. The number of aryl methyl sites for hydroxylation is 3. The molecule has 0 bridgehead atoms. The Labute approximate surface area is 208 Å². The largest absolute Gasteiger partial charge is 0.337 e. The van der Waals surface area contributed by atoms with Crippen molar-refractivity contribution < 1.29 is 13.2 Å².